The number of aliphatic carboxylic acids is 1. The van der Waals surface area contributed by atoms with Crippen molar-refractivity contribution in [2.45, 2.75) is 0 Å². The second kappa shape index (κ2) is 10.5. The molecule has 0 spiro atoms. The van der Waals surface area contributed by atoms with Gasteiger partial charge in [0.1, 0.15) is 0 Å². The molecule has 1 aromatic rings. The van der Waals surface area contributed by atoms with E-state index in [1.807, 2.05) is 30.3 Å². The first-order valence-electron chi connectivity index (χ1n) is 3.80. The molecule has 0 aromatic heterocycles. The van der Waals surface area contributed by atoms with Crippen molar-refractivity contribution in [1.29, 1.82) is 0 Å². The first kappa shape index (κ1) is 15.9. The van der Waals surface area contributed by atoms with Crippen molar-refractivity contribution in [3.63, 3.8) is 0 Å². The van der Waals surface area contributed by atoms with Crippen LogP contribution < -0.4 is 5.32 Å². The van der Waals surface area contributed by atoms with Gasteiger partial charge in [0.2, 0.25) is 0 Å². The fourth-order valence-electron chi connectivity index (χ4n) is 0.700. The van der Waals surface area contributed by atoms with Gasteiger partial charge in [0.15, 0.2) is 5.97 Å². The number of anilines is 1. The molecule has 0 aliphatic rings. The summed E-state index contributed by atoms with van der Waals surface area (Å²) in [5.41, 5.74) is 1.13. The van der Waals surface area contributed by atoms with Crippen molar-refractivity contribution in [2.24, 2.45) is 0 Å². The Hall–Kier alpha value is -0.536. The minimum absolute atomic E-state index is 0. The molecule has 0 amide bonds. The van der Waals surface area contributed by atoms with Crippen LogP contribution in [0, 0.1) is 13.8 Å². The summed E-state index contributed by atoms with van der Waals surface area (Å²) in [5, 5.41) is 10.4. The van der Waals surface area contributed by atoms with E-state index in [9.17, 15) is 0 Å². The van der Waals surface area contributed by atoms with E-state index in [-0.39, 0.29) is 32.7 Å². The number of carbonyl (C=O) groups is 1. The molecule has 14 heavy (non-hydrogen) atoms. The summed E-state index contributed by atoms with van der Waals surface area (Å²) in [6.45, 7) is 6.97. The van der Waals surface area contributed by atoms with E-state index < -0.39 is 5.97 Å². The third-order valence-corrected chi connectivity index (χ3v) is 1.10. The third kappa shape index (κ3) is 11.5. The molecule has 0 atom stereocenters. The molecule has 72 valence electrons. The number of rotatable bonds is 2. The van der Waals surface area contributed by atoms with Crippen LogP contribution in [0.5, 0.6) is 0 Å². The number of hydrogen-bond acceptors (Lipinski definition) is 2. The molecule has 4 heteroatoms. The van der Waals surface area contributed by atoms with E-state index in [0.717, 1.165) is 12.2 Å². The molecular weight excluding hydrogens is 255 g/mol. The Kier molecular flexibility index (Phi) is 12.0. The van der Waals surface area contributed by atoms with Gasteiger partial charge in [0.25, 0.3) is 0 Å². The smallest absolute Gasteiger partial charge is 0.503 e. The van der Waals surface area contributed by atoms with Crippen LogP contribution in [0.3, 0.4) is 0 Å². The van der Waals surface area contributed by atoms with Gasteiger partial charge in [0, 0.05) is 5.69 Å². The zero-order valence-electron chi connectivity index (χ0n) is 7.94. The van der Waals surface area contributed by atoms with Gasteiger partial charge in [-0.2, -0.15) is 0 Å². The summed E-state index contributed by atoms with van der Waals surface area (Å²) in [4.78, 5) is 8.89. The van der Waals surface area contributed by atoms with E-state index in [1.165, 1.54) is 0 Å². The molecule has 0 aliphatic heterocycles. The van der Waals surface area contributed by atoms with Crippen molar-refractivity contribution < 1.29 is 42.6 Å². The third-order valence-electron chi connectivity index (χ3n) is 1.10. The van der Waals surface area contributed by atoms with E-state index in [1.54, 1.807) is 0 Å². The second-order valence-corrected chi connectivity index (χ2v) is 2.19. The number of hydrogen-bond donors (Lipinski definition) is 2. The van der Waals surface area contributed by atoms with Crippen LogP contribution in [-0.2, 0) is 37.5 Å². The van der Waals surface area contributed by atoms with Crippen molar-refractivity contribution in [3.05, 3.63) is 44.2 Å². The summed E-state index contributed by atoms with van der Waals surface area (Å²) < 4.78 is 0. The number of para-hydroxylation sites is 1. The van der Waals surface area contributed by atoms with Crippen molar-refractivity contribution in [3.8, 4) is 0 Å². The van der Waals surface area contributed by atoms with Gasteiger partial charge in [-0.15, -0.1) is 6.54 Å². The summed E-state index contributed by atoms with van der Waals surface area (Å²) in [5.74, 6) is -1.08. The fourth-order valence-corrected chi connectivity index (χ4v) is 0.700. The van der Waals surface area contributed by atoms with Crippen LogP contribution >= 0.6 is 0 Å². The van der Waals surface area contributed by atoms with Crippen LogP contribution in [0.25, 0.3) is 0 Å². The molecule has 0 aliphatic carbocycles. The normalized spacial score (nSPS) is 7.50. The molecule has 0 bridgehead atoms. The monoisotopic (exact) mass is 268 g/mol. The maximum Gasteiger partial charge on any atom is 3.00 e. The largest absolute Gasteiger partial charge is 3.00 e. The maximum atomic E-state index is 8.89. The first-order chi connectivity index (χ1) is 6.16. The number of carboxylic acid groups (broad SMARTS) is 1. The van der Waals surface area contributed by atoms with Crippen molar-refractivity contribution in [1.82, 2.24) is 0 Å². The van der Waals surface area contributed by atoms with Gasteiger partial charge in [-0.1, -0.05) is 18.2 Å². The average molecular weight is 268 g/mol. The predicted molar refractivity (Wildman–Crippen MR) is 53.3 cm³/mol. The SMILES string of the molecule is [CH2-]C(=O)O.[CH2-]CNc1ccccc1.[Y+3]. The van der Waals surface area contributed by atoms with Crippen LogP contribution in [0.4, 0.5) is 5.69 Å². The second-order valence-electron chi connectivity index (χ2n) is 2.19. The van der Waals surface area contributed by atoms with Crippen LogP contribution in [-0.4, -0.2) is 17.6 Å². The van der Waals surface area contributed by atoms with E-state index in [4.69, 9.17) is 9.90 Å². The summed E-state index contributed by atoms with van der Waals surface area (Å²) in [7, 11) is 0. The summed E-state index contributed by atoms with van der Waals surface area (Å²) in [6, 6.07) is 10.0. The minimum atomic E-state index is -1.08. The Bertz CT molecular complexity index is 235. The Morgan fingerprint density at radius 2 is 1.79 bits per heavy atom. The van der Waals surface area contributed by atoms with Crippen LogP contribution in [0.2, 0.25) is 0 Å². The van der Waals surface area contributed by atoms with E-state index >= 15 is 0 Å². The van der Waals surface area contributed by atoms with Crippen molar-refractivity contribution >= 4 is 11.7 Å². The van der Waals surface area contributed by atoms with Gasteiger partial charge in [0.05, 0.1) is 0 Å². The minimum Gasteiger partial charge on any atom is -0.503 e. The van der Waals surface area contributed by atoms with Crippen LogP contribution in [0.15, 0.2) is 30.3 Å². The fraction of sp³-hybridized carbons (Fsp3) is 0.100. The van der Waals surface area contributed by atoms with Gasteiger partial charge >= 0.3 is 32.7 Å². The average Bonchev–Trinajstić information content (AvgIpc) is 2.06. The van der Waals surface area contributed by atoms with Crippen LogP contribution in [0.1, 0.15) is 0 Å². The molecule has 0 heterocycles. The van der Waals surface area contributed by atoms with Crippen molar-refractivity contribution in [2.75, 3.05) is 11.9 Å². The summed E-state index contributed by atoms with van der Waals surface area (Å²) >= 11 is 0. The number of carboxylic acids is 1. The molecule has 0 saturated heterocycles. The van der Waals surface area contributed by atoms with E-state index in [0.29, 0.717) is 0 Å². The molecule has 0 fully saturated rings. The van der Waals surface area contributed by atoms with Gasteiger partial charge in [-0.25, -0.2) is 0 Å². The van der Waals surface area contributed by atoms with E-state index in [2.05, 4.69) is 19.2 Å². The molecule has 3 nitrogen and oxygen atoms in total. The molecule has 2 N–H and O–H groups in total. The Morgan fingerprint density at radius 3 is 2.14 bits per heavy atom. The molecular formula is C10H13NO2Y+. The Morgan fingerprint density at radius 1 is 1.36 bits per heavy atom. The Balaban J connectivity index is 0. The number of benzene rings is 1. The zero-order chi connectivity index (χ0) is 10.1. The number of nitrogens with one attached hydrogen (secondary N) is 1. The maximum absolute atomic E-state index is 8.89. The molecule has 0 saturated carbocycles. The first-order valence-corrected chi connectivity index (χ1v) is 3.80. The van der Waals surface area contributed by atoms with Gasteiger partial charge in [-0.3, -0.25) is 11.7 Å². The molecule has 0 radical (unpaired) electrons. The molecule has 0 unspecified atom stereocenters. The Labute approximate surface area is 110 Å². The standard InChI is InChI=1S/C8H10N.C2H3O2.Y/c1-2-9-8-6-4-3-5-7-8;1-2(3)4;/h3-7,9H,1-2H2;1H2,(H,3,4);/q2*-1;+3. The topological polar surface area (TPSA) is 49.3 Å². The molecule has 1 rings (SSSR count). The molecule has 1 aromatic carbocycles. The van der Waals surface area contributed by atoms with Gasteiger partial charge in [-0.05, 0) is 12.1 Å². The predicted octanol–water partition coefficient (Wildman–Crippen LogP) is 1.84. The zero-order valence-corrected chi connectivity index (χ0v) is 10.8. The quantitative estimate of drug-likeness (QED) is 0.804. The van der Waals surface area contributed by atoms with Gasteiger partial charge < -0.3 is 17.3 Å². The summed E-state index contributed by atoms with van der Waals surface area (Å²) in [6.07, 6.45) is 0.